The Labute approximate surface area is 435 Å². The Kier molecular flexibility index (Phi) is 13.8. The Morgan fingerprint density at radius 1 is 0.315 bits per heavy atom. The number of hydrogen-bond acceptors (Lipinski definition) is 2. The Bertz CT molecular complexity index is 3720. The number of aromatic nitrogens is 1. The van der Waals surface area contributed by atoms with Gasteiger partial charge in [-0.15, -0.1) is 11.1 Å². The molecule has 0 aliphatic rings. The van der Waals surface area contributed by atoms with Crippen molar-refractivity contribution in [1.82, 2.24) is 4.98 Å². The second-order valence-electron chi connectivity index (χ2n) is 21.7. The molecule has 73 heavy (non-hydrogen) atoms. The molecule has 0 spiro atoms. The molecular weight excluding hydrogens is 915 g/mol. The van der Waals surface area contributed by atoms with Crippen LogP contribution in [0, 0.1) is 69.3 Å². The fourth-order valence-corrected chi connectivity index (χ4v) is 23.1. The number of fused-ring (bicyclic) bond motifs is 9. The first-order valence-corrected chi connectivity index (χ1v) is 30.4. The van der Waals surface area contributed by atoms with Gasteiger partial charge in [0.2, 0.25) is 0 Å². The molecule has 3 nitrogen and oxygen atoms in total. The molecule has 358 valence electrons. The van der Waals surface area contributed by atoms with Crippen LogP contribution >= 0.6 is 0 Å². The Morgan fingerprint density at radius 2 is 0.616 bits per heavy atom. The average molecular weight is 978 g/mol. The quantitative estimate of drug-likeness (QED) is 0.102. The van der Waals surface area contributed by atoms with Gasteiger partial charge in [-0.1, -0.05) is 179 Å². The summed E-state index contributed by atoms with van der Waals surface area (Å²) in [5, 5.41) is 29.9. The minimum Gasteiger partial charge on any atom is -0.354 e. The van der Waals surface area contributed by atoms with E-state index in [4.69, 9.17) is 0 Å². The smallest absolute Gasteiger partial charge is 0.146 e. The summed E-state index contributed by atoms with van der Waals surface area (Å²) in [5.74, 6) is 22.5. The van der Waals surface area contributed by atoms with Crippen LogP contribution in [0.3, 0.4) is 0 Å². The maximum Gasteiger partial charge on any atom is 0.146 e. The standard InChI is InChI=1S/C68H63N3Si2/c1-43(2)72(44(3)4,45(5)6)39-37-61-55-19-15-13-17-53(55)57(31-29-49-21-25-51(41-69)26-22-49)59-33-35-63-67(65(59)61)68-64(71-63)36-34-60-58(32-30-50-23-27-52(42-70)28-24-50)54-18-14-16-20-56(54)62(66(60)68)38-40-73(46(7)8,47(9)10)48(11)12/h13-28,33-36,43-48,71H,1-12H3. The number of hydrogen-bond donors (Lipinski definition) is 1. The molecule has 0 bridgehead atoms. The van der Waals surface area contributed by atoms with Crippen molar-refractivity contribution < 1.29 is 0 Å². The zero-order chi connectivity index (χ0) is 51.9. The first-order chi connectivity index (χ1) is 35.1. The van der Waals surface area contributed by atoms with Crippen LogP contribution in [0.5, 0.6) is 0 Å². The van der Waals surface area contributed by atoms with Crippen molar-refractivity contribution in [2.24, 2.45) is 0 Å². The van der Waals surface area contributed by atoms with E-state index >= 15 is 0 Å². The molecule has 0 atom stereocenters. The topological polar surface area (TPSA) is 63.4 Å². The number of benzene rings is 8. The van der Waals surface area contributed by atoms with Gasteiger partial charge in [-0.05, 0) is 126 Å². The second-order valence-corrected chi connectivity index (χ2v) is 32.9. The average Bonchev–Trinajstić information content (AvgIpc) is 3.77. The Morgan fingerprint density at radius 3 is 0.918 bits per heavy atom. The molecule has 0 saturated carbocycles. The minimum atomic E-state index is -2.23. The van der Waals surface area contributed by atoms with Gasteiger partial charge in [0.15, 0.2) is 0 Å². The molecule has 8 aromatic carbocycles. The van der Waals surface area contributed by atoms with Crippen LogP contribution in [0.15, 0.2) is 121 Å². The van der Waals surface area contributed by atoms with Crippen LogP contribution < -0.4 is 0 Å². The molecule has 0 aliphatic heterocycles. The fourth-order valence-electron chi connectivity index (χ4n) is 12.7. The summed E-state index contributed by atoms with van der Waals surface area (Å²) in [6, 6.07) is 45.8. The van der Waals surface area contributed by atoms with Crippen molar-refractivity contribution in [2.45, 2.75) is 116 Å². The van der Waals surface area contributed by atoms with Gasteiger partial charge >= 0.3 is 0 Å². The van der Waals surface area contributed by atoms with Crippen molar-refractivity contribution in [3.05, 3.63) is 166 Å². The molecule has 1 N–H and O–H groups in total. The third-order valence-corrected chi connectivity index (χ3v) is 28.7. The molecule has 9 rings (SSSR count). The highest BCUT2D eigenvalue weighted by atomic mass is 28.3. The molecular formula is C68H63N3Si2. The second kappa shape index (κ2) is 20.0. The molecule has 0 radical (unpaired) electrons. The predicted octanol–water partition coefficient (Wildman–Crippen LogP) is 17.6. The van der Waals surface area contributed by atoms with Gasteiger partial charge in [0.1, 0.15) is 16.1 Å². The van der Waals surface area contributed by atoms with Crippen molar-refractivity contribution >= 4 is 81.0 Å². The molecule has 9 aromatic rings. The number of nitrogens with one attached hydrogen (secondary N) is 1. The number of rotatable bonds is 6. The van der Waals surface area contributed by atoms with E-state index in [0.717, 1.165) is 98.3 Å². The molecule has 0 unspecified atom stereocenters. The highest BCUT2D eigenvalue weighted by molar-refractivity contribution is 6.91. The van der Waals surface area contributed by atoms with Gasteiger partial charge in [-0.2, -0.15) is 10.5 Å². The number of nitriles is 2. The third kappa shape index (κ3) is 8.59. The molecule has 1 aromatic heterocycles. The van der Waals surface area contributed by atoms with E-state index < -0.39 is 16.1 Å². The Hall–Kier alpha value is -7.75. The van der Waals surface area contributed by atoms with Crippen LogP contribution in [0.2, 0.25) is 33.2 Å². The SMILES string of the molecule is CC(C)[Si](C#Cc1c2ccccc2c(C#Cc2ccc(C#N)cc2)c2ccc3[nH]c4ccc5c(C#Cc6ccc(C#N)cc6)c6ccccc6c(C#C[Si](C(C)C)(C(C)C)C(C)C)c5c4c3c12)(C(C)C)C(C)C. The lowest BCUT2D eigenvalue weighted by atomic mass is 9.86. The maximum atomic E-state index is 9.58. The van der Waals surface area contributed by atoms with Crippen LogP contribution in [-0.2, 0) is 0 Å². The molecule has 0 fully saturated rings. The molecule has 0 saturated heterocycles. The zero-order valence-corrected chi connectivity index (χ0v) is 46.4. The van der Waals surface area contributed by atoms with Gasteiger partial charge in [0, 0.05) is 66.0 Å². The van der Waals surface area contributed by atoms with E-state index in [-0.39, 0.29) is 0 Å². The minimum absolute atomic E-state index is 0.448. The summed E-state index contributed by atoms with van der Waals surface area (Å²) in [6.07, 6.45) is 0. The third-order valence-electron chi connectivity index (χ3n) is 16.1. The van der Waals surface area contributed by atoms with Gasteiger partial charge in [-0.3, -0.25) is 0 Å². The van der Waals surface area contributed by atoms with Crippen LogP contribution in [0.25, 0.3) is 64.9 Å². The lowest BCUT2D eigenvalue weighted by Crippen LogP contribution is -2.43. The summed E-state index contributed by atoms with van der Waals surface area (Å²) < 4.78 is 0. The zero-order valence-electron chi connectivity index (χ0n) is 44.4. The first-order valence-electron chi connectivity index (χ1n) is 26.0. The molecule has 1 heterocycles. The van der Waals surface area contributed by atoms with E-state index in [1.165, 1.54) is 0 Å². The van der Waals surface area contributed by atoms with Crippen molar-refractivity contribution in [3.63, 3.8) is 0 Å². The van der Waals surface area contributed by atoms with Gasteiger partial charge in [0.05, 0.1) is 23.3 Å². The van der Waals surface area contributed by atoms with E-state index in [9.17, 15) is 10.5 Å². The van der Waals surface area contributed by atoms with Gasteiger partial charge < -0.3 is 4.98 Å². The number of nitrogens with zero attached hydrogens (tertiary/aromatic N) is 2. The summed E-state index contributed by atoms with van der Waals surface area (Å²) >= 11 is 0. The normalized spacial score (nSPS) is 11.8. The number of aromatic amines is 1. The van der Waals surface area contributed by atoms with Crippen LogP contribution in [0.1, 0.15) is 128 Å². The number of H-pyrrole nitrogens is 1. The van der Waals surface area contributed by atoms with E-state index in [1.807, 2.05) is 48.5 Å². The van der Waals surface area contributed by atoms with Gasteiger partial charge in [0.25, 0.3) is 0 Å². The van der Waals surface area contributed by atoms with Crippen molar-refractivity contribution in [3.8, 4) is 58.7 Å². The van der Waals surface area contributed by atoms with Crippen molar-refractivity contribution in [1.29, 1.82) is 10.5 Å². The summed E-state index contributed by atoms with van der Waals surface area (Å²) in [6.45, 7) is 28.6. The molecule has 5 heteroatoms. The largest absolute Gasteiger partial charge is 0.354 e. The fraction of sp³-hybridized carbons (Fsp3) is 0.265. The maximum absolute atomic E-state index is 9.58. The predicted molar refractivity (Wildman–Crippen MR) is 316 cm³/mol. The highest BCUT2D eigenvalue weighted by Crippen LogP contribution is 2.47. The van der Waals surface area contributed by atoms with E-state index in [2.05, 4.69) is 220 Å². The van der Waals surface area contributed by atoms with Crippen LogP contribution in [-0.4, -0.2) is 21.1 Å². The molecule has 0 amide bonds. The van der Waals surface area contributed by atoms with E-state index in [0.29, 0.717) is 44.4 Å². The van der Waals surface area contributed by atoms with Crippen LogP contribution in [0.4, 0.5) is 0 Å². The summed E-state index contributed by atoms with van der Waals surface area (Å²) in [5.41, 5.74) is 19.9. The Balaban J connectivity index is 1.54. The monoisotopic (exact) mass is 977 g/mol. The molecule has 0 aliphatic carbocycles. The highest BCUT2D eigenvalue weighted by Gasteiger charge is 2.43. The summed E-state index contributed by atoms with van der Waals surface area (Å²) in [7, 11) is -4.45. The van der Waals surface area contributed by atoms with Crippen molar-refractivity contribution in [2.75, 3.05) is 0 Å². The van der Waals surface area contributed by atoms with E-state index in [1.54, 1.807) is 0 Å². The first kappa shape index (κ1) is 50.2. The van der Waals surface area contributed by atoms with Gasteiger partial charge in [-0.25, -0.2) is 0 Å². The lowest BCUT2D eigenvalue weighted by Gasteiger charge is -2.38. The lowest BCUT2D eigenvalue weighted by molar-refractivity contribution is 0.838. The summed E-state index contributed by atoms with van der Waals surface area (Å²) in [4.78, 5) is 3.94.